The Bertz CT molecular complexity index is 699. The average Bonchev–Trinajstić information content (AvgIpc) is 2.51. The molecule has 2 nitrogen and oxygen atoms in total. The van der Waals surface area contributed by atoms with Gasteiger partial charge < -0.3 is 4.84 Å². The predicted octanol–water partition coefficient (Wildman–Crippen LogP) is 5.86. The molecule has 0 heterocycles. The molecular formula is C17H15ClF3NO. The molecule has 1 unspecified atom stereocenters. The van der Waals surface area contributed by atoms with Crippen LogP contribution in [0.25, 0.3) is 0 Å². The number of halogens is 4. The van der Waals surface area contributed by atoms with Gasteiger partial charge in [-0.15, -0.1) is 0 Å². The summed E-state index contributed by atoms with van der Waals surface area (Å²) in [7, 11) is 0. The summed E-state index contributed by atoms with van der Waals surface area (Å²) < 4.78 is 39.2. The normalized spacial score (nSPS) is 13.7. The largest absolute Gasteiger partial charge is 0.417 e. The van der Waals surface area contributed by atoms with Crippen LogP contribution in [-0.2, 0) is 11.0 Å². The van der Waals surface area contributed by atoms with Crippen molar-refractivity contribution in [1.29, 1.82) is 0 Å². The lowest BCUT2D eigenvalue weighted by Gasteiger charge is -2.14. The van der Waals surface area contributed by atoms with E-state index in [1.54, 1.807) is 6.92 Å². The van der Waals surface area contributed by atoms with Crippen LogP contribution >= 0.6 is 11.6 Å². The van der Waals surface area contributed by atoms with Crippen molar-refractivity contribution in [3.8, 4) is 0 Å². The minimum Gasteiger partial charge on any atom is -0.388 e. The van der Waals surface area contributed by atoms with Gasteiger partial charge in [0.15, 0.2) is 0 Å². The second-order valence-corrected chi connectivity index (χ2v) is 5.46. The monoisotopic (exact) mass is 341 g/mol. The van der Waals surface area contributed by atoms with Crippen molar-refractivity contribution in [2.75, 3.05) is 0 Å². The molecule has 0 fully saturated rings. The molecule has 122 valence electrons. The van der Waals surface area contributed by atoms with Gasteiger partial charge in [0, 0.05) is 10.6 Å². The number of oxime groups is 1. The van der Waals surface area contributed by atoms with E-state index in [1.807, 2.05) is 30.3 Å². The van der Waals surface area contributed by atoms with Crippen LogP contribution in [0.5, 0.6) is 0 Å². The third-order valence-electron chi connectivity index (χ3n) is 3.29. The van der Waals surface area contributed by atoms with Crippen LogP contribution in [0.2, 0.25) is 5.02 Å². The third kappa shape index (κ3) is 4.48. The van der Waals surface area contributed by atoms with Crippen LogP contribution in [-0.4, -0.2) is 5.71 Å². The first-order chi connectivity index (χ1) is 10.8. The van der Waals surface area contributed by atoms with Crippen LogP contribution in [0.15, 0.2) is 53.7 Å². The molecule has 2 rings (SSSR count). The molecule has 23 heavy (non-hydrogen) atoms. The van der Waals surface area contributed by atoms with Crippen LogP contribution in [0.3, 0.4) is 0 Å². The zero-order valence-electron chi connectivity index (χ0n) is 12.6. The molecule has 2 aromatic rings. The SMILES string of the molecule is CC(=NOC(C)c1ccccc1)c1cc(Cl)ccc1C(F)(F)F. The molecule has 0 saturated carbocycles. The number of nitrogens with zero attached hydrogens (tertiary/aromatic N) is 1. The van der Waals surface area contributed by atoms with Crippen molar-refractivity contribution < 1.29 is 18.0 Å². The topological polar surface area (TPSA) is 21.6 Å². The zero-order valence-corrected chi connectivity index (χ0v) is 13.3. The van der Waals surface area contributed by atoms with Crippen molar-refractivity contribution in [2.45, 2.75) is 26.1 Å². The lowest BCUT2D eigenvalue weighted by atomic mass is 10.0. The lowest BCUT2D eigenvalue weighted by Crippen LogP contribution is -2.12. The summed E-state index contributed by atoms with van der Waals surface area (Å²) in [5.74, 6) is 0. The zero-order chi connectivity index (χ0) is 17.0. The van der Waals surface area contributed by atoms with Crippen molar-refractivity contribution in [3.05, 3.63) is 70.2 Å². The summed E-state index contributed by atoms with van der Waals surface area (Å²) in [6, 6.07) is 12.7. The van der Waals surface area contributed by atoms with Gasteiger partial charge in [0.25, 0.3) is 0 Å². The molecule has 0 aliphatic heterocycles. The van der Waals surface area contributed by atoms with Crippen molar-refractivity contribution in [2.24, 2.45) is 5.16 Å². The summed E-state index contributed by atoms with van der Waals surface area (Å²) in [5.41, 5.74) is 0.109. The van der Waals surface area contributed by atoms with E-state index < -0.39 is 11.7 Å². The molecule has 0 aromatic heterocycles. The van der Waals surface area contributed by atoms with Gasteiger partial charge in [-0.3, -0.25) is 0 Å². The molecule has 0 radical (unpaired) electrons. The predicted molar refractivity (Wildman–Crippen MR) is 84.6 cm³/mol. The standard InChI is InChI=1S/C17H15ClF3NO/c1-11(22-23-12(2)13-6-4-3-5-7-13)15-10-14(18)8-9-16(15)17(19,20)21/h3-10,12H,1-2H3. The van der Waals surface area contributed by atoms with Crippen LogP contribution in [0.4, 0.5) is 13.2 Å². The van der Waals surface area contributed by atoms with Crippen LogP contribution in [0, 0.1) is 0 Å². The van der Waals surface area contributed by atoms with Gasteiger partial charge in [0.1, 0.15) is 6.10 Å². The van der Waals surface area contributed by atoms with Gasteiger partial charge in [-0.25, -0.2) is 0 Å². The number of alkyl halides is 3. The van der Waals surface area contributed by atoms with E-state index in [-0.39, 0.29) is 22.4 Å². The van der Waals surface area contributed by atoms with E-state index in [0.29, 0.717) is 0 Å². The number of benzene rings is 2. The first-order valence-corrected chi connectivity index (χ1v) is 7.29. The fourth-order valence-corrected chi connectivity index (χ4v) is 2.23. The third-order valence-corrected chi connectivity index (χ3v) is 3.53. The Morgan fingerprint density at radius 1 is 1.13 bits per heavy atom. The fourth-order valence-electron chi connectivity index (χ4n) is 2.06. The quantitative estimate of drug-likeness (QED) is 0.504. The average molecular weight is 342 g/mol. The highest BCUT2D eigenvalue weighted by Gasteiger charge is 2.34. The summed E-state index contributed by atoms with van der Waals surface area (Å²) >= 11 is 5.81. The summed E-state index contributed by atoms with van der Waals surface area (Å²) in [5, 5.41) is 4.05. The van der Waals surface area contributed by atoms with Crippen LogP contribution in [0.1, 0.15) is 36.6 Å². The first-order valence-electron chi connectivity index (χ1n) is 6.91. The molecule has 0 spiro atoms. The summed E-state index contributed by atoms with van der Waals surface area (Å²) in [6.45, 7) is 3.23. The molecule has 0 aliphatic carbocycles. The Labute approximate surface area is 137 Å². The molecule has 0 N–H and O–H groups in total. The minimum absolute atomic E-state index is 0.0924. The highest BCUT2D eigenvalue weighted by atomic mass is 35.5. The molecule has 0 bridgehead atoms. The lowest BCUT2D eigenvalue weighted by molar-refractivity contribution is -0.137. The Hall–Kier alpha value is -2.01. The Kier molecular flexibility index (Phi) is 5.31. The number of rotatable bonds is 4. The smallest absolute Gasteiger partial charge is 0.388 e. The van der Waals surface area contributed by atoms with Crippen molar-refractivity contribution in [1.82, 2.24) is 0 Å². The molecule has 6 heteroatoms. The van der Waals surface area contributed by atoms with Crippen molar-refractivity contribution >= 4 is 17.3 Å². The van der Waals surface area contributed by atoms with E-state index in [4.69, 9.17) is 16.4 Å². The molecule has 0 aliphatic rings. The van der Waals surface area contributed by atoms with Gasteiger partial charge in [-0.2, -0.15) is 13.2 Å². The van der Waals surface area contributed by atoms with E-state index in [9.17, 15) is 13.2 Å². The maximum Gasteiger partial charge on any atom is 0.417 e. The van der Waals surface area contributed by atoms with Gasteiger partial charge in [0.05, 0.1) is 11.3 Å². The van der Waals surface area contributed by atoms with Crippen molar-refractivity contribution in [3.63, 3.8) is 0 Å². The number of hydrogen-bond acceptors (Lipinski definition) is 2. The first kappa shape index (κ1) is 17.3. The van der Waals surface area contributed by atoms with Gasteiger partial charge in [-0.05, 0) is 37.6 Å². The minimum atomic E-state index is -4.48. The summed E-state index contributed by atoms with van der Waals surface area (Å²) in [4.78, 5) is 5.33. The van der Waals surface area contributed by atoms with Gasteiger partial charge in [0.2, 0.25) is 0 Å². The summed E-state index contributed by atoms with van der Waals surface area (Å²) in [6.07, 6.45) is -4.86. The highest BCUT2D eigenvalue weighted by Crippen LogP contribution is 2.33. The Balaban J connectivity index is 2.26. The molecule has 0 saturated heterocycles. The van der Waals surface area contributed by atoms with E-state index in [1.165, 1.54) is 19.1 Å². The second-order valence-electron chi connectivity index (χ2n) is 5.02. The maximum absolute atomic E-state index is 13.1. The highest BCUT2D eigenvalue weighted by molar-refractivity contribution is 6.31. The molecule has 1 atom stereocenters. The molecule has 0 amide bonds. The number of hydrogen-bond donors (Lipinski definition) is 0. The van der Waals surface area contributed by atoms with Gasteiger partial charge >= 0.3 is 6.18 Å². The van der Waals surface area contributed by atoms with Gasteiger partial charge in [-0.1, -0.05) is 47.1 Å². The fraction of sp³-hybridized carbons (Fsp3) is 0.235. The Morgan fingerprint density at radius 2 is 1.78 bits per heavy atom. The van der Waals surface area contributed by atoms with E-state index in [2.05, 4.69) is 5.16 Å². The van der Waals surface area contributed by atoms with E-state index >= 15 is 0 Å². The Morgan fingerprint density at radius 3 is 2.39 bits per heavy atom. The van der Waals surface area contributed by atoms with E-state index in [0.717, 1.165) is 11.6 Å². The molecule has 2 aromatic carbocycles. The van der Waals surface area contributed by atoms with Crippen LogP contribution < -0.4 is 0 Å². The maximum atomic E-state index is 13.1. The molecular weight excluding hydrogens is 327 g/mol. The second kappa shape index (κ2) is 7.04.